The number of carbonyl (C=O) groups excluding carboxylic acids is 1. The number of hydrogen-bond acceptors (Lipinski definition) is 6. The molecule has 2 aromatic carbocycles. The first kappa shape index (κ1) is 19.9. The maximum absolute atomic E-state index is 12.1. The van der Waals surface area contributed by atoms with Gasteiger partial charge in [0.25, 0.3) is 0 Å². The van der Waals surface area contributed by atoms with Gasteiger partial charge in [0.05, 0.1) is 7.11 Å². The summed E-state index contributed by atoms with van der Waals surface area (Å²) < 4.78 is 21.0. The van der Waals surface area contributed by atoms with E-state index in [9.17, 15) is 9.59 Å². The summed E-state index contributed by atoms with van der Waals surface area (Å²) in [6.45, 7) is 3.98. The lowest BCUT2D eigenvalue weighted by Gasteiger charge is -2.07. The number of carbonyl (C=O) groups is 1. The first-order valence-corrected chi connectivity index (χ1v) is 8.88. The maximum atomic E-state index is 12.1. The number of hydrogen-bond donors (Lipinski definition) is 0. The second-order valence-electron chi connectivity index (χ2n) is 6.06. The van der Waals surface area contributed by atoms with Gasteiger partial charge in [-0.15, -0.1) is 0 Å². The molecule has 0 bridgehead atoms. The molecule has 1 aromatic heterocycles. The number of fused-ring (bicyclic) bond motifs is 1. The molecule has 0 saturated heterocycles. The van der Waals surface area contributed by atoms with Crippen LogP contribution in [0, 0.1) is 0 Å². The highest BCUT2D eigenvalue weighted by atomic mass is 16.5. The molecule has 0 spiro atoms. The Morgan fingerprint density at radius 2 is 1.86 bits per heavy atom. The predicted octanol–water partition coefficient (Wildman–Crippen LogP) is 4.12. The minimum absolute atomic E-state index is 0.0497. The smallest absolute Gasteiger partial charge is 0.336 e. The average Bonchev–Trinajstić information content (AvgIpc) is 2.74. The van der Waals surface area contributed by atoms with Crippen LogP contribution in [0.5, 0.6) is 11.5 Å². The topological polar surface area (TPSA) is 75.0 Å². The van der Waals surface area contributed by atoms with E-state index in [2.05, 4.69) is 6.58 Å². The first-order chi connectivity index (χ1) is 14.1. The van der Waals surface area contributed by atoms with Gasteiger partial charge < -0.3 is 18.6 Å². The molecule has 0 fully saturated rings. The van der Waals surface area contributed by atoms with E-state index in [1.807, 2.05) is 12.1 Å². The Bertz CT molecular complexity index is 1090. The molecule has 0 aliphatic heterocycles. The lowest BCUT2D eigenvalue weighted by Crippen LogP contribution is -2.05. The van der Waals surface area contributed by atoms with Crippen molar-refractivity contribution in [3.05, 3.63) is 88.8 Å². The number of benzene rings is 2. The van der Waals surface area contributed by atoms with E-state index in [0.29, 0.717) is 28.9 Å². The third-order valence-electron chi connectivity index (χ3n) is 4.07. The molecule has 0 N–H and O–H groups in total. The van der Waals surface area contributed by atoms with E-state index in [4.69, 9.17) is 18.6 Å². The van der Waals surface area contributed by atoms with Crippen LogP contribution in [0.2, 0.25) is 0 Å². The van der Waals surface area contributed by atoms with Crippen molar-refractivity contribution in [2.75, 3.05) is 13.7 Å². The van der Waals surface area contributed by atoms with Crippen LogP contribution in [-0.4, -0.2) is 19.7 Å². The van der Waals surface area contributed by atoms with Gasteiger partial charge in [-0.2, -0.15) is 0 Å². The van der Waals surface area contributed by atoms with Crippen molar-refractivity contribution in [2.45, 2.75) is 6.61 Å². The molecule has 0 atom stereocenters. The Hall–Kier alpha value is -3.80. The molecule has 6 heteroatoms. The number of esters is 1. The summed E-state index contributed by atoms with van der Waals surface area (Å²) in [6.07, 6.45) is 4.64. The standard InChI is InChI=1S/C23H20O6/c1-3-12-27-18-7-4-16(5-8-18)6-11-22(24)28-15-17-13-23(25)29-21-14-19(26-2)9-10-20(17)21/h3-11,13-14H,1,12,15H2,2H3/b11-6+. The molecule has 0 amide bonds. The summed E-state index contributed by atoms with van der Waals surface area (Å²) in [5, 5.41) is 0.678. The van der Waals surface area contributed by atoms with Gasteiger partial charge in [-0.05, 0) is 35.9 Å². The Morgan fingerprint density at radius 1 is 1.10 bits per heavy atom. The Morgan fingerprint density at radius 3 is 2.59 bits per heavy atom. The molecule has 0 radical (unpaired) electrons. The zero-order valence-electron chi connectivity index (χ0n) is 15.9. The summed E-state index contributed by atoms with van der Waals surface area (Å²) in [7, 11) is 1.53. The molecule has 29 heavy (non-hydrogen) atoms. The van der Waals surface area contributed by atoms with Gasteiger partial charge in [0, 0.05) is 29.2 Å². The fourth-order valence-corrected chi connectivity index (χ4v) is 2.65. The van der Waals surface area contributed by atoms with Crippen LogP contribution in [-0.2, 0) is 16.1 Å². The van der Waals surface area contributed by atoms with Crippen molar-refractivity contribution < 1.29 is 23.4 Å². The predicted molar refractivity (Wildman–Crippen MR) is 110 cm³/mol. The first-order valence-electron chi connectivity index (χ1n) is 8.88. The van der Waals surface area contributed by atoms with Crippen LogP contribution in [0.4, 0.5) is 0 Å². The van der Waals surface area contributed by atoms with E-state index < -0.39 is 11.6 Å². The van der Waals surface area contributed by atoms with Gasteiger partial charge in [-0.3, -0.25) is 0 Å². The van der Waals surface area contributed by atoms with E-state index in [0.717, 1.165) is 11.3 Å². The molecule has 148 valence electrons. The normalized spacial score (nSPS) is 10.8. The highest BCUT2D eigenvalue weighted by Crippen LogP contribution is 2.23. The molecule has 3 aromatic rings. The third kappa shape index (κ3) is 5.35. The van der Waals surface area contributed by atoms with Gasteiger partial charge in [0.1, 0.15) is 30.3 Å². The molecular formula is C23H20O6. The highest BCUT2D eigenvalue weighted by Gasteiger charge is 2.09. The van der Waals surface area contributed by atoms with E-state index in [1.54, 1.807) is 42.5 Å². The maximum Gasteiger partial charge on any atom is 0.336 e. The van der Waals surface area contributed by atoms with Gasteiger partial charge >= 0.3 is 11.6 Å². The summed E-state index contributed by atoms with van der Waals surface area (Å²) in [5.41, 5.74) is 1.23. The largest absolute Gasteiger partial charge is 0.497 e. The molecule has 3 rings (SSSR count). The van der Waals surface area contributed by atoms with Crippen LogP contribution >= 0.6 is 0 Å². The molecule has 1 heterocycles. The lowest BCUT2D eigenvalue weighted by atomic mass is 10.1. The molecule has 0 unspecified atom stereocenters. The van der Waals surface area contributed by atoms with E-state index in [-0.39, 0.29) is 6.61 Å². The minimum atomic E-state index is -0.522. The van der Waals surface area contributed by atoms with Gasteiger partial charge in [0.15, 0.2) is 0 Å². The van der Waals surface area contributed by atoms with Crippen molar-refractivity contribution >= 4 is 23.0 Å². The fraction of sp³-hybridized carbons (Fsp3) is 0.130. The van der Waals surface area contributed by atoms with Crippen LogP contribution in [0.15, 0.2) is 76.5 Å². The second-order valence-corrected chi connectivity index (χ2v) is 6.06. The molecule has 0 aliphatic carbocycles. The third-order valence-corrected chi connectivity index (χ3v) is 4.07. The molecule has 6 nitrogen and oxygen atoms in total. The average molecular weight is 392 g/mol. The van der Waals surface area contributed by atoms with Crippen molar-refractivity contribution in [1.29, 1.82) is 0 Å². The summed E-state index contributed by atoms with van der Waals surface area (Å²) in [6, 6.07) is 13.7. The SMILES string of the molecule is C=CCOc1ccc(/C=C/C(=O)OCc2cc(=O)oc3cc(OC)ccc23)cc1. The summed E-state index contributed by atoms with van der Waals surface area (Å²) in [5.74, 6) is 0.765. The van der Waals surface area contributed by atoms with Crippen LogP contribution in [0.3, 0.4) is 0 Å². The Labute approximate surface area is 167 Å². The van der Waals surface area contributed by atoms with Crippen LogP contribution in [0.1, 0.15) is 11.1 Å². The van der Waals surface area contributed by atoms with E-state index in [1.165, 1.54) is 19.3 Å². The van der Waals surface area contributed by atoms with Gasteiger partial charge in [0.2, 0.25) is 0 Å². The van der Waals surface area contributed by atoms with Crippen molar-refractivity contribution in [3.63, 3.8) is 0 Å². The fourth-order valence-electron chi connectivity index (χ4n) is 2.65. The molecular weight excluding hydrogens is 372 g/mol. The zero-order valence-corrected chi connectivity index (χ0v) is 15.9. The Kier molecular flexibility index (Phi) is 6.47. The van der Waals surface area contributed by atoms with E-state index >= 15 is 0 Å². The summed E-state index contributed by atoms with van der Waals surface area (Å²) >= 11 is 0. The van der Waals surface area contributed by atoms with Gasteiger partial charge in [-0.1, -0.05) is 24.8 Å². The van der Waals surface area contributed by atoms with Crippen molar-refractivity contribution in [3.8, 4) is 11.5 Å². The number of rotatable bonds is 8. The number of methoxy groups -OCH3 is 1. The molecule has 0 saturated carbocycles. The monoisotopic (exact) mass is 392 g/mol. The van der Waals surface area contributed by atoms with Gasteiger partial charge in [-0.25, -0.2) is 9.59 Å². The second kappa shape index (κ2) is 9.41. The van der Waals surface area contributed by atoms with Crippen LogP contribution in [0.25, 0.3) is 17.0 Å². The summed E-state index contributed by atoms with van der Waals surface area (Å²) in [4.78, 5) is 23.8. The molecule has 0 aliphatic rings. The number of ether oxygens (including phenoxy) is 3. The quantitative estimate of drug-likeness (QED) is 0.248. The van der Waals surface area contributed by atoms with Crippen LogP contribution < -0.4 is 15.1 Å². The highest BCUT2D eigenvalue weighted by molar-refractivity contribution is 5.87. The van der Waals surface area contributed by atoms with Crippen molar-refractivity contribution in [2.24, 2.45) is 0 Å². The van der Waals surface area contributed by atoms with Crippen molar-refractivity contribution in [1.82, 2.24) is 0 Å². The minimum Gasteiger partial charge on any atom is -0.497 e. The lowest BCUT2D eigenvalue weighted by molar-refractivity contribution is -0.138. The zero-order chi connectivity index (χ0) is 20.6. The Balaban J connectivity index is 1.65.